The van der Waals surface area contributed by atoms with Crippen LogP contribution in [0.4, 0.5) is 5.69 Å². The number of carbonyl (C=O) groups is 2. The highest BCUT2D eigenvalue weighted by atomic mass is 32.2. The van der Waals surface area contributed by atoms with Gasteiger partial charge >= 0.3 is 0 Å². The number of phenols is 1. The Hall–Kier alpha value is -3.33. The summed E-state index contributed by atoms with van der Waals surface area (Å²) >= 11 is 1.28. The van der Waals surface area contributed by atoms with Crippen LogP contribution in [0.15, 0.2) is 47.6 Å². The van der Waals surface area contributed by atoms with Crippen LogP contribution in [0.5, 0.6) is 11.5 Å². The lowest BCUT2D eigenvalue weighted by atomic mass is 10.1. The van der Waals surface area contributed by atoms with E-state index in [9.17, 15) is 14.7 Å². The molecular weight excluding hydrogens is 380 g/mol. The molecule has 1 amide bonds. The molecule has 4 rings (SSSR count). The number of ether oxygens (including phenoxy) is 1. The number of benzene rings is 2. The van der Waals surface area contributed by atoms with Crippen molar-refractivity contribution in [2.24, 2.45) is 7.05 Å². The van der Waals surface area contributed by atoms with E-state index in [0.29, 0.717) is 28.0 Å². The Labute approximate surface area is 164 Å². The van der Waals surface area contributed by atoms with Crippen LogP contribution in [-0.2, 0) is 11.8 Å². The monoisotopic (exact) mass is 396 g/mol. The maximum atomic E-state index is 12.6. The summed E-state index contributed by atoms with van der Waals surface area (Å²) in [7, 11) is 1.82. The smallest absolute Gasteiger partial charge is 0.262 e. The van der Waals surface area contributed by atoms with Gasteiger partial charge in [-0.1, -0.05) is 11.8 Å². The maximum Gasteiger partial charge on any atom is 0.262 e. The summed E-state index contributed by atoms with van der Waals surface area (Å²) in [5.41, 5.74) is 1.80. The van der Waals surface area contributed by atoms with E-state index in [1.807, 2.05) is 7.05 Å². The second-order valence-corrected chi connectivity index (χ2v) is 7.11. The van der Waals surface area contributed by atoms with Crippen molar-refractivity contribution in [2.75, 3.05) is 17.7 Å². The number of fused-ring (bicyclic) bond motifs is 1. The molecule has 1 aliphatic rings. The minimum Gasteiger partial charge on any atom is -0.508 e. The van der Waals surface area contributed by atoms with Gasteiger partial charge in [0.25, 0.3) is 5.91 Å². The van der Waals surface area contributed by atoms with Gasteiger partial charge in [-0.3, -0.25) is 9.59 Å². The number of aromatic nitrogens is 3. The summed E-state index contributed by atoms with van der Waals surface area (Å²) in [5, 5.41) is 21.0. The number of nitrogens with zero attached hydrogens (tertiary/aromatic N) is 3. The maximum absolute atomic E-state index is 12.6. The number of aromatic hydroxyl groups is 1. The molecule has 2 heterocycles. The fourth-order valence-electron chi connectivity index (χ4n) is 2.77. The first-order chi connectivity index (χ1) is 13.5. The Morgan fingerprint density at radius 3 is 2.82 bits per heavy atom. The lowest BCUT2D eigenvalue weighted by Gasteiger charge is -2.18. The van der Waals surface area contributed by atoms with Gasteiger partial charge in [-0.05, 0) is 42.5 Å². The van der Waals surface area contributed by atoms with Crippen molar-refractivity contribution in [1.29, 1.82) is 0 Å². The number of thioether (sulfide) groups is 1. The van der Waals surface area contributed by atoms with E-state index in [2.05, 4.69) is 15.5 Å². The fraction of sp³-hybridized carbons (Fsp3) is 0.158. The second-order valence-electron chi connectivity index (χ2n) is 6.17. The average Bonchev–Trinajstić information content (AvgIpc) is 3.06. The molecule has 0 spiro atoms. The molecule has 0 aliphatic carbocycles. The Morgan fingerprint density at radius 2 is 2.04 bits per heavy atom. The molecule has 1 aliphatic heterocycles. The molecule has 0 fully saturated rings. The lowest BCUT2D eigenvalue weighted by Crippen LogP contribution is -2.25. The zero-order chi connectivity index (χ0) is 19.7. The van der Waals surface area contributed by atoms with E-state index in [1.54, 1.807) is 47.0 Å². The van der Waals surface area contributed by atoms with Gasteiger partial charge in [0.2, 0.25) is 0 Å². The molecule has 8 nitrogen and oxygen atoms in total. The van der Waals surface area contributed by atoms with Gasteiger partial charge in [-0.2, -0.15) is 0 Å². The second kappa shape index (κ2) is 7.35. The molecule has 2 aromatic carbocycles. The van der Waals surface area contributed by atoms with Gasteiger partial charge in [0, 0.05) is 18.2 Å². The highest BCUT2D eigenvalue weighted by Crippen LogP contribution is 2.29. The molecule has 2 N–H and O–H groups in total. The average molecular weight is 396 g/mol. The molecule has 0 unspecified atom stereocenters. The largest absolute Gasteiger partial charge is 0.508 e. The first kappa shape index (κ1) is 18.1. The number of anilines is 1. The van der Waals surface area contributed by atoms with Crippen molar-refractivity contribution >= 4 is 29.1 Å². The van der Waals surface area contributed by atoms with Crippen molar-refractivity contribution in [2.45, 2.75) is 5.16 Å². The van der Waals surface area contributed by atoms with Crippen molar-refractivity contribution in [3.63, 3.8) is 0 Å². The van der Waals surface area contributed by atoms with Gasteiger partial charge in [0.1, 0.15) is 11.5 Å². The number of nitrogens with one attached hydrogen (secondary N) is 1. The normalized spacial score (nSPS) is 12.8. The third-order valence-corrected chi connectivity index (χ3v) is 5.25. The number of amides is 1. The molecule has 0 saturated heterocycles. The zero-order valence-corrected chi connectivity index (χ0v) is 15.7. The minimum atomic E-state index is -0.243. The Morgan fingerprint density at radius 1 is 1.25 bits per heavy atom. The zero-order valence-electron chi connectivity index (χ0n) is 14.9. The third kappa shape index (κ3) is 3.56. The van der Waals surface area contributed by atoms with Crippen LogP contribution >= 0.6 is 11.8 Å². The Balaban J connectivity index is 1.46. The highest BCUT2D eigenvalue weighted by Gasteiger charge is 2.19. The van der Waals surface area contributed by atoms with Crippen molar-refractivity contribution < 1.29 is 19.4 Å². The number of phenolic OH excluding ortho intramolecular Hbond substituents is 1. The summed E-state index contributed by atoms with van der Waals surface area (Å²) in [4.78, 5) is 24.0. The fourth-order valence-corrected chi connectivity index (χ4v) is 3.58. The summed E-state index contributed by atoms with van der Waals surface area (Å²) in [6, 6.07) is 11.6. The first-order valence-electron chi connectivity index (χ1n) is 8.43. The van der Waals surface area contributed by atoms with Crippen molar-refractivity contribution in [3.05, 3.63) is 48.0 Å². The van der Waals surface area contributed by atoms with Gasteiger partial charge < -0.3 is 19.7 Å². The summed E-state index contributed by atoms with van der Waals surface area (Å²) in [6.07, 6.45) is 0. The minimum absolute atomic E-state index is 0.0222. The standard InChI is InChI=1S/C19H16N4O4S/c1-23-18(11-2-5-13(24)6-3-11)21-22-19(23)28-10-15(25)12-4-7-16-14(8-12)20-17(26)9-27-16/h2-8,24H,9-10H2,1H3,(H,20,26). The van der Waals surface area contributed by atoms with E-state index < -0.39 is 0 Å². The van der Waals surface area contributed by atoms with Gasteiger partial charge in [-0.15, -0.1) is 10.2 Å². The molecular formula is C19H16N4O4S. The molecule has 0 radical (unpaired) electrons. The van der Waals surface area contributed by atoms with E-state index in [-0.39, 0.29) is 29.8 Å². The number of hydrogen-bond donors (Lipinski definition) is 2. The summed E-state index contributed by atoms with van der Waals surface area (Å²) in [6.45, 7) is -0.0222. The molecule has 142 valence electrons. The summed E-state index contributed by atoms with van der Waals surface area (Å²) in [5.74, 6) is 1.21. The lowest BCUT2D eigenvalue weighted by molar-refractivity contribution is -0.118. The van der Waals surface area contributed by atoms with Gasteiger partial charge in [0.15, 0.2) is 23.4 Å². The predicted octanol–water partition coefficient (Wildman–Crippen LogP) is 2.49. The molecule has 0 bridgehead atoms. The molecule has 1 aromatic heterocycles. The van der Waals surface area contributed by atoms with Crippen LogP contribution in [0.3, 0.4) is 0 Å². The quantitative estimate of drug-likeness (QED) is 0.504. The predicted molar refractivity (Wildman–Crippen MR) is 104 cm³/mol. The van der Waals surface area contributed by atoms with Crippen molar-refractivity contribution in [1.82, 2.24) is 14.8 Å². The van der Waals surface area contributed by atoms with E-state index in [4.69, 9.17) is 4.74 Å². The number of carbonyl (C=O) groups excluding carboxylic acids is 2. The third-order valence-electron chi connectivity index (χ3n) is 4.23. The van der Waals surface area contributed by atoms with Gasteiger partial charge in [-0.25, -0.2) is 0 Å². The molecule has 28 heavy (non-hydrogen) atoms. The Bertz CT molecular complexity index is 1060. The Kier molecular flexibility index (Phi) is 4.74. The highest BCUT2D eigenvalue weighted by molar-refractivity contribution is 7.99. The van der Waals surface area contributed by atoms with E-state index >= 15 is 0 Å². The molecule has 3 aromatic rings. The number of ketones is 1. The molecule has 9 heteroatoms. The van der Waals surface area contributed by atoms with E-state index in [1.165, 1.54) is 11.8 Å². The molecule has 0 atom stereocenters. The SMILES string of the molecule is Cn1c(SCC(=O)c2ccc3c(c2)NC(=O)CO3)nnc1-c1ccc(O)cc1. The number of rotatable bonds is 5. The van der Waals surface area contributed by atoms with Crippen molar-refractivity contribution in [3.8, 4) is 22.9 Å². The van der Waals surface area contributed by atoms with Gasteiger partial charge in [0.05, 0.1) is 11.4 Å². The van der Waals surface area contributed by atoms with Crippen LogP contribution in [0.1, 0.15) is 10.4 Å². The summed E-state index contributed by atoms with van der Waals surface area (Å²) < 4.78 is 7.10. The number of Topliss-reactive ketones (excluding diaryl/α,β-unsaturated/α-hetero) is 1. The van der Waals surface area contributed by atoms with Crippen LogP contribution < -0.4 is 10.1 Å². The van der Waals surface area contributed by atoms with Crippen LogP contribution in [-0.4, -0.2) is 43.9 Å². The molecule has 0 saturated carbocycles. The van der Waals surface area contributed by atoms with E-state index in [0.717, 1.165) is 5.56 Å². The van der Waals surface area contributed by atoms with Crippen LogP contribution in [0.2, 0.25) is 0 Å². The van der Waals surface area contributed by atoms with Crippen LogP contribution in [0.25, 0.3) is 11.4 Å². The number of hydrogen-bond acceptors (Lipinski definition) is 7. The van der Waals surface area contributed by atoms with Crippen LogP contribution in [0, 0.1) is 0 Å². The first-order valence-corrected chi connectivity index (χ1v) is 9.41. The topological polar surface area (TPSA) is 106 Å².